The molecule has 13 heavy (non-hydrogen) atoms. The smallest absolute Gasteiger partial charge is 0.0176 e. The summed E-state index contributed by atoms with van der Waals surface area (Å²) in [6, 6.07) is 0. The van der Waals surface area contributed by atoms with Crippen LogP contribution < -0.4 is 5.32 Å². The van der Waals surface area contributed by atoms with Crippen LogP contribution in [0.25, 0.3) is 0 Å². The van der Waals surface area contributed by atoms with E-state index in [1.165, 1.54) is 19.3 Å². The van der Waals surface area contributed by atoms with Gasteiger partial charge in [-0.1, -0.05) is 34.1 Å². The number of nitrogens with one attached hydrogen (secondary N) is 1. The number of hydrogen-bond acceptors (Lipinski definition) is 1. The van der Waals surface area contributed by atoms with E-state index in [0.717, 1.165) is 6.54 Å². The van der Waals surface area contributed by atoms with Crippen molar-refractivity contribution in [2.45, 2.75) is 66.3 Å². The second kappa shape index (κ2) is 4.99. The van der Waals surface area contributed by atoms with Crippen molar-refractivity contribution in [3.05, 3.63) is 0 Å². The maximum Gasteiger partial charge on any atom is 0.0176 e. The molecular weight excluding hydrogens is 158 g/mol. The van der Waals surface area contributed by atoms with E-state index in [1.807, 2.05) is 0 Å². The minimum absolute atomic E-state index is 0.249. The minimum atomic E-state index is 0.249. The van der Waals surface area contributed by atoms with Gasteiger partial charge >= 0.3 is 0 Å². The van der Waals surface area contributed by atoms with Gasteiger partial charge in [0.15, 0.2) is 0 Å². The Morgan fingerprint density at radius 2 is 1.46 bits per heavy atom. The average Bonchev–Trinajstić information content (AvgIpc) is 2.00. The minimum Gasteiger partial charge on any atom is -0.311 e. The lowest BCUT2D eigenvalue weighted by molar-refractivity contribution is 0.141. The maximum atomic E-state index is 3.63. The van der Waals surface area contributed by atoms with Crippen molar-refractivity contribution in [3.8, 4) is 0 Å². The van der Waals surface area contributed by atoms with Crippen molar-refractivity contribution in [1.29, 1.82) is 0 Å². The summed E-state index contributed by atoms with van der Waals surface area (Å²) in [5, 5.41) is 3.63. The summed E-state index contributed by atoms with van der Waals surface area (Å²) in [7, 11) is 0. The fourth-order valence-corrected chi connectivity index (χ4v) is 1.61. The zero-order valence-electron chi connectivity index (χ0n) is 10.3. The Morgan fingerprint density at radius 3 is 1.85 bits per heavy atom. The zero-order valence-corrected chi connectivity index (χ0v) is 10.3. The summed E-state index contributed by atoms with van der Waals surface area (Å²) < 4.78 is 0. The molecule has 0 spiro atoms. The summed E-state index contributed by atoms with van der Waals surface area (Å²) in [4.78, 5) is 0. The predicted molar refractivity (Wildman–Crippen MR) is 61.1 cm³/mol. The molecule has 80 valence electrons. The van der Waals surface area contributed by atoms with Crippen molar-refractivity contribution in [1.82, 2.24) is 5.32 Å². The molecule has 0 aliphatic carbocycles. The van der Waals surface area contributed by atoms with Crippen molar-refractivity contribution in [2.24, 2.45) is 5.41 Å². The highest BCUT2D eigenvalue weighted by Crippen LogP contribution is 2.34. The highest BCUT2D eigenvalue weighted by molar-refractivity contribution is 4.92. The van der Waals surface area contributed by atoms with Gasteiger partial charge in [0, 0.05) is 5.54 Å². The van der Waals surface area contributed by atoms with Crippen molar-refractivity contribution in [3.63, 3.8) is 0 Å². The van der Waals surface area contributed by atoms with Gasteiger partial charge in [-0.15, -0.1) is 0 Å². The zero-order chi connectivity index (χ0) is 10.5. The fourth-order valence-electron chi connectivity index (χ4n) is 1.61. The summed E-state index contributed by atoms with van der Waals surface area (Å²) in [5.41, 5.74) is 0.635. The Bertz CT molecular complexity index is 136. The van der Waals surface area contributed by atoms with Crippen LogP contribution in [0.5, 0.6) is 0 Å². The molecule has 0 aromatic heterocycles. The molecule has 0 radical (unpaired) electrons. The average molecular weight is 185 g/mol. The standard InChI is InChI=1S/C12H27N/c1-7-9-11(3,4)12(5,6)13-10-8-2/h13H,7-10H2,1-6H3. The highest BCUT2D eigenvalue weighted by Gasteiger charge is 2.35. The van der Waals surface area contributed by atoms with Gasteiger partial charge in [-0.3, -0.25) is 0 Å². The highest BCUT2D eigenvalue weighted by atomic mass is 15.0. The molecule has 1 N–H and O–H groups in total. The first-order chi connectivity index (χ1) is 5.87. The van der Waals surface area contributed by atoms with Gasteiger partial charge in [-0.25, -0.2) is 0 Å². The molecule has 0 unspecified atom stereocenters. The molecule has 1 heteroatoms. The van der Waals surface area contributed by atoms with Gasteiger partial charge in [0.25, 0.3) is 0 Å². The largest absolute Gasteiger partial charge is 0.311 e. The molecule has 0 heterocycles. The monoisotopic (exact) mass is 185 g/mol. The molecule has 0 amide bonds. The van der Waals surface area contributed by atoms with Crippen LogP contribution in [-0.2, 0) is 0 Å². The topological polar surface area (TPSA) is 12.0 Å². The Balaban J connectivity index is 4.22. The van der Waals surface area contributed by atoms with Gasteiger partial charge in [0.1, 0.15) is 0 Å². The van der Waals surface area contributed by atoms with Crippen LogP contribution in [0.3, 0.4) is 0 Å². The summed E-state index contributed by atoms with van der Waals surface area (Å²) >= 11 is 0. The quantitative estimate of drug-likeness (QED) is 0.667. The van der Waals surface area contributed by atoms with E-state index in [-0.39, 0.29) is 5.54 Å². The lowest BCUT2D eigenvalue weighted by Crippen LogP contribution is -2.51. The van der Waals surface area contributed by atoms with Gasteiger partial charge in [0.05, 0.1) is 0 Å². The fraction of sp³-hybridized carbons (Fsp3) is 1.00. The van der Waals surface area contributed by atoms with E-state index in [0.29, 0.717) is 5.41 Å². The molecule has 0 saturated carbocycles. The lowest BCUT2D eigenvalue weighted by atomic mass is 9.71. The van der Waals surface area contributed by atoms with Crippen LogP contribution in [0.1, 0.15) is 60.8 Å². The van der Waals surface area contributed by atoms with Crippen LogP contribution in [0, 0.1) is 5.41 Å². The second-order valence-corrected chi connectivity index (χ2v) is 5.19. The molecule has 0 aliphatic heterocycles. The first-order valence-corrected chi connectivity index (χ1v) is 5.62. The van der Waals surface area contributed by atoms with Gasteiger partial charge in [-0.05, 0) is 38.6 Å². The molecule has 0 aliphatic rings. The van der Waals surface area contributed by atoms with E-state index in [1.54, 1.807) is 0 Å². The van der Waals surface area contributed by atoms with E-state index >= 15 is 0 Å². The Kier molecular flexibility index (Phi) is 4.98. The summed E-state index contributed by atoms with van der Waals surface area (Å²) in [6.07, 6.45) is 3.77. The third kappa shape index (κ3) is 3.68. The third-order valence-electron chi connectivity index (χ3n) is 3.38. The van der Waals surface area contributed by atoms with Crippen LogP contribution in [0.15, 0.2) is 0 Å². The van der Waals surface area contributed by atoms with E-state index in [2.05, 4.69) is 46.9 Å². The van der Waals surface area contributed by atoms with E-state index in [4.69, 9.17) is 0 Å². The maximum absolute atomic E-state index is 3.63. The third-order valence-corrected chi connectivity index (χ3v) is 3.38. The molecule has 0 rings (SSSR count). The van der Waals surface area contributed by atoms with E-state index < -0.39 is 0 Å². The summed E-state index contributed by atoms with van der Waals surface area (Å²) in [6.45, 7) is 15.0. The predicted octanol–water partition coefficient (Wildman–Crippen LogP) is 3.59. The van der Waals surface area contributed by atoms with Gasteiger partial charge < -0.3 is 5.32 Å². The molecular formula is C12H27N. The Hall–Kier alpha value is -0.0400. The first kappa shape index (κ1) is 13.0. The Morgan fingerprint density at radius 1 is 0.923 bits per heavy atom. The molecule has 0 aromatic carbocycles. The van der Waals surface area contributed by atoms with Crippen LogP contribution in [0.2, 0.25) is 0 Å². The van der Waals surface area contributed by atoms with E-state index in [9.17, 15) is 0 Å². The SMILES string of the molecule is CCCNC(C)(C)C(C)(C)CCC. The van der Waals surface area contributed by atoms with Crippen LogP contribution >= 0.6 is 0 Å². The van der Waals surface area contributed by atoms with Gasteiger partial charge in [-0.2, -0.15) is 0 Å². The van der Waals surface area contributed by atoms with Crippen molar-refractivity contribution < 1.29 is 0 Å². The van der Waals surface area contributed by atoms with Gasteiger partial charge in [0.2, 0.25) is 0 Å². The number of rotatable bonds is 6. The molecule has 0 aromatic rings. The normalized spacial score (nSPS) is 13.4. The number of hydrogen-bond donors (Lipinski definition) is 1. The van der Waals surface area contributed by atoms with Crippen LogP contribution in [-0.4, -0.2) is 12.1 Å². The summed E-state index contributed by atoms with van der Waals surface area (Å²) in [5.74, 6) is 0. The first-order valence-electron chi connectivity index (χ1n) is 5.62. The molecule has 1 nitrogen and oxygen atoms in total. The molecule has 0 bridgehead atoms. The molecule has 0 fully saturated rings. The van der Waals surface area contributed by atoms with Crippen molar-refractivity contribution in [2.75, 3.05) is 6.54 Å². The second-order valence-electron chi connectivity index (χ2n) is 5.19. The van der Waals surface area contributed by atoms with Crippen molar-refractivity contribution >= 4 is 0 Å². The molecule has 0 saturated heterocycles. The lowest BCUT2D eigenvalue weighted by Gasteiger charge is -2.42. The Labute approximate surface area is 84.3 Å². The molecule has 0 atom stereocenters. The van der Waals surface area contributed by atoms with Crippen LogP contribution in [0.4, 0.5) is 0 Å².